The van der Waals surface area contributed by atoms with Gasteiger partial charge in [0.05, 0.1) is 11.5 Å². The first kappa shape index (κ1) is 14.6. The van der Waals surface area contributed by atoms with Gasteiger partial charge in [-0.05, 0) is 47.2 Å². The fourth-order valence-electron chi connectivity index (χ4n) is 1.88. The van der Waals surface area contributed by atoms with Gasteiger partial charge in [0.2, 0.25) is 0 Å². The predicted molar refractivity (Wildman–Crippen MR) is 79.9 cm³/mol. The van der Waals surface area contributed by atoms with Crippen molar-refractivity contribution in [2.45, 2.75) is 12.5 Å². The van der Waals surface area contributed by atoms with Crippen LogP contribution in [0.5, 0.6) is 5.75 Å². The zero-order valence-corrected chi connectivity index (χ0v) is 13.1. The summed E-state index contributed by atoms with van der Waals surface area (Å²) in [6.45, 7) is -0.101. The fourth-order valence-corrected chi connectivity index (χ4v) is 4.07. The van der Waals surface area contributed by atoms with Crippen molar-refractivity contribution < 1.29 is 17.9 Å². The van der Waals surface area contributed by atoms with Crippen molar-refractivity contribution >= 4 is 38.3 Å². The number of ether oxygens (including phenoxy) is 1. The molecule has 7 heteroatoms. The summed E-state index contributed by atoms with van der Waals surface area (Å²) in [5.41, 5.74) is 0. The molecule has 1 atom stereocenters. The molecule has 1 aliphatic heterocycles. The topological polar surface area (TPSA) is 72.5 Å². The smallest absolute Gasteiger partial charge is 0.258 e. The zero-order chi connectivity index (χ0) is 13.9. The van der Waals surface area contributed by atoms with Gasteiger partial charge in [0.15, 0.2) is 16.4 Å². The molecule has 0 aromatic heterocycles. The number of nitrogens with one attached hydrogen (secondary N) is 1. The van der Waals surface area contributed by atoms with Crippen LogP contribution in [0.15, 0.2) is 24.3 Å². The van der Waals surface area contributed by atoms with Gasteiger partial charge < -0.3 is 10.1 Å². The van der Waals surface area contributed by atoms with Crippen LogP contribution in [0.25, 0.3) is 0 Å². The number of amides is 1. The highest BCUT2D eigenvalue weighted by Crippen LogP contribution is 2.15. The molecule has 5 nitrogen and oxygen atoms in total. The second-order valence-electron chi connectivity index (χ2n) is 4.41. The molecule has 104 valence electrons. The van der Waals surface area contributed by atoms with Crippen LogP contribution in [-0.4, -0.2) is 38.5 Å². The molecule has 0 spiro atoms. The summed E-state index contributed by atoms with van der Waals surface area (Å²) in [6, 6.07) is 7.09. The van der Waals surface area contributed by atoms with E-state index in [0.29, 0.717) is 12.2 Å². The molecular weight excluding hydrogens is 381 g/mol. The van der Waals surface area contributed by atoms with E-state index in [2.05, 4.69) is 27.9 Å². The van der Waals surface area contributed by atoms with Crippen LogP contribution in [-0.2, 0) is 14.6 Å². The molecule has 1 unspecified atom stereocenters. The Morgan fingerprint density at radius 2 is 2.26 bits per heavy atom. The minimum atomic E-state index is -2.97. The van der Waals surface area contributed by atoms with Crippen LogP contribution in [0.3, 0.4) is 0 Å². The van der Waals surface area contributed by atoms with Crippen LogP contribution in [0, 0.1) is 3.57 Å². The Morgan fingerprint density at radius 1 is 1.47 bits per heavy atom. The molecule has 0 radical (unpaired) electrons. The fraction of sp³-hybridized carbons (Fsp3) is 0.417. The average molecular weight is 395 g/mol. The first-order valence-corrected chi connectivity index (χ1v) is 8.73. The van der Waals surface area contributed by atoms with Gasteiger partial charge in [-0.1, -0.05) is 6.07 Å². The highest BCUT2D eigenvalue weighted by atomic mass is 127. The number of halogens is 1. The van der Waals surface area contributed by atoms with Crippen molar-refractivity contribution in [1.82, 2.24) is 5.32 Å². The van der Waals surface area contributed by atoms with Gasteiger partial charge >= 0.3 is 0 Å². The maximum atomic E-state index is 11.6. The lowest BCUT2D eigenvalue weighted by atomic mass is 10.2. The summed E-state index contributed by atoms with van der Waals surface area (Å²) in [6.07, 6.45) is 0.483. The van der Waals surface area contributed by atoms with E-state index in [0.717, 1.165) is 3.57 Å². The van der Waals surface area contributed by atoms with Crippen molar-refractivity contribution in [3.63, 3.8) is 0 Å². The molecule has 1 amide bonds. The van der Waals surface area contributed by atoms with Crippen LogP contribution in [0.4, 0.5) is 0 Å². The summed E-state index contributed by atoms with van der Waals surface area (Å²) < 4.78 is 28.9. The third-order valence-corrected chi connectivity index (χ3v) is 5.20. The molecule has 2 rings (SSSR count). The second kappa shape index (κ2) is 6.08. The highest BCUT2D eigenvalue weighted by molar-refractivity contribution is 14.1. The molecule has 1 aromatic rings. The lowest BCUT2D eigenvalue weighted by Crippen LogP contribution is -2.38. The zero-order valence-electron chi connectivity index (χ0n) is 10.1. The van der Waals surface area contributed by atoms with Crippen molar-refractivity contribution in [3.05, 3.63) is 27.8 Å². The van der Waals surface area contributed by atoms with Crippen molar-refractivity contribution in [2.75, 3.05) is 18.1 Å². The molecule has 1 aromatic carbocycles. The number of hydrogen-bond donors (Lipinski definition) is 1. The average Bonchev–Trinajstić information content (AvgIpc) is 2.66. The molecule has 1 fully saturated rings. The summed E-state index contributed by atoms with van der Waals surface area (Å²) in [5, 5.41) is 2.67. The Bertz CT molecular complexity index is 573. The van der Waals surface area contributed by atoms with E-state index >= 15 is 0 Å². The predicted octanol–water partition coefficient (Wildman–Crippen LogP) is 0.973. The first-order chi connectivity index (χ1) is 8.94. The molecule has 1 saturated heterocycles. The summed E-state index contributed by atoms with van der Waals surface area (Å²) >= 11 is 2.16. The van der Waals surface area contributed by atoms with Crippen molar-refractivity contribution in [2.24, 2.45) is 0 Å². The molecular formula is C12H14INO4S. The van der Waals surface area contributed by atoms with Gasteiger partial charge in [0, 0.05) is 9.61 Å². The summed E-state index contributed by atoms with van der Waals surface area (Å²) in [7, 11) is -2.97. The number of hydrogen-bond acceptors (Lipinski definition) is 4. The Morgan fingerprint density at radius 3 is 2.89 bits per heavy atom. The normalized spacial score (nSPS) is 21.0. The number of rotatable bonds is 4. The third kappa shape index (κ3) is 4.64. The quantitative estimate of drug-likeness (QED) is 0.772. The standard InChI is InChI=1S/C12H14INO4S/c13-9-2-1-3-11(6-9)18-7-12(15)14-10-4-5-19(16,17)8-10/h1-3,6,10H,4-5,7-8H2,(H,14,15). The van der Waals surface area contributed by atoms with Crippen LogP contribution in [0.1, 0.15) is 6.42 Å². The van der Waals surface area contributed by atoms with Gasteiger partial charge in [-0.3, -0.25) is 4.79 Å². The van der Waals surface area contributed by atoms with E-state index in [1.54, 1.807) is 6.07 Å². The van der Waals surface area contributed by atoms with Crippen LogP contribution >= 0.6 is 22.6 Å². The first-order valence-electron chi connectivity index (χ1n) is 5.83. The number of carbonyl (C=O) groups is 1. The van der Waals surface area contributed by atoms with Crippen LogP contribution in [0.2, 0.25) is 0 Å². The van der Waals surface area contributed by atoms with E-state index < -0.39 is 9.84 Å². The maximum Gasteiger partial charge on any atom is 0.258 e. The monoisotopic (exact) mass is 395 g/mol. The summed E-state index contributed by atoms with van der Waals surface area (Å²) in [4.78, 5) is 11.6. The van der Waals surface area contributed by atoms with E-state index in [4.69, 9.17) is 4.74 Å². The third-order valence-electron chi connectivity index (χ3n) is 2.76. The lowest BCUT2D eigenvalue weighted by Gasteiger charge is -2.11. The Balaban J connectivity index is 1.79. The molecule has 1 N–H and O–H groups in total. The van der Waals surface area contributed by atoms with Gasteiger partial charge in [0.1, 0.15) is 5.75 Å². The van der Waals surface area contributed by atoms with Gasteiger partial charge in [0.25, 0.3) is 5.91 Å². The molecule has 1 aliphatic rings. The van der Waals surface area contributed by atoms with Gasteiger partial charge in [-0.25, -0.2) is 8.42 Å². The molecule has 0 saturated carbocycles. The van der Waals surface area contributed by atoms with Gasteiger partial charge in [-0.15, -0.1) is 0 Å². The molecule has 0 aliphatic carbocycles. The Kier molecular flexibility index (Phi) is 4.67. The maximum absolute atomic E-state index is 11.6. The lowest BCUT2D eigenvalue weighted by molar-refractivity contribution is -0.123. The SMILES string of the molecule is O=C(COc1cccc(I)c1)NC1CCS(=O)(=O)C1. The van der Waals surface area contributed by atoms with E-state index in [-0.39, 0.29) is 30.1 Å². The van der Waals surface area contributed by atoms with E-state index in [1.165, 1.54) is 0 Å². The molecule has 0 bridgehead atoms. The number of carbonyl (C=O) groups excluding carboxylic acids is 1. The second-order valence-corrected chi connectivity index (χ2v) is 7.89. The summed E-state index contributed by atoms with van der Waals surface area (Å²) in [5.74, 6) is 0.513. The molecule has 1 heterocycles. The van der Waals surface area contributed by atoms with E-state index in [9.17, 15) is 13.2 Å². The van der Waals surface area contributed by atoms with Crippen molar-refractivity contribution in [1.29, 1.82) is 0 Å². The minimum Gasteiger partial charge on any atom is -0.484 e. The Hall–Kier alpha value is -0.830. The Labute approximate surface area is 125 Å². The number of benzene rings is 1. The highest BCUT2D eigenvalue weighted by Gasteiger charge is 2.28. The van der Waals surface area contributed by atoms with Crippen LogP contribution < -0.4 is 10.1 Å². The van der Waals surface area contributed by atoms with Crippen molar-refractivity contribution in [3.8, 4) is 5.75 Å². The largest absolute Gasteiger partial charge is 0.484 e. The number of sulfone groups is 1. The molecule has 19 heavy (non-hydrogen) atoms. The van der Waals surface area contributed by atoms with Gasteiger partial charge in [-0.2, -0.15) is 0 Å². The minimum absolute atomic E-state index is 0.0297. The van der Waals surface area contributed by atoms with E-state index in [1.807, 2.05) is 18.2 Å².